The molecule has 1 aromatic heterocycles. The fraction of sp³-hybridized carbons (Fsp3) is 0.385. The van der Waals surface area contributed by atoms with Crippen LogP contribution in [-0.4, -0.2) is 21.7 Å². The van der Waals surface area contributed by atoms with E-state index in [-0.39, 0.29) is 0 Å². The SMILES string of the molecule is CCCSCCc1nnc(-c2ccccc2)o1. The van der Waals surface area contributed by atoms with E-state index in [0.717, 1.165) is 23.6 Å². The van der Waals surface area contributed by atoms with E-state index in [4.69, 9.17) is 4.42 Å². The van der Waals surface area contributed by atoms with Gasteiger partial charge < -0.3 is 4.42 Å². The number of benzene rings is 1. The molecule has 1 heterocycles. The second-order valence-electron chi connectivity index (χ2n) is 3.73. The molecular weight excluding hydrogens is 232 g/mol. The van der Waals surface area contributed by atoms with Crippen molar-refractivity contribution in [1.82, 2.24) is 10.2 Å². The lowest BCUT2D eigenvalue weighted by atomic mass is 10.2. The fourth-order valence-corrected chi connectivity index (χ4v) is 2.27. The standard InChI is InChI=1S/C13H16N2OS/c1-2-9-17-10-8-12-14-15-13(16-12)11-6-4-3-5-7-11/h3-7H,2,8-10H2,1H3. The monoisotopic (exact) mass is 248 g/mol. The maximum atomic E-state index is 5.61. The van der Waals surface area contributed by atoms with E-state index >= 15 is 0 Å². The van der Waals surface area contributed by atoms with Gasteiger partial charge in [-0.3, -0.25) is 0 Å². The zero-order valence-electron chi connectivity index (χ0n) is 9.93. The van der Waals surface area contributed by atoms with Crippen molar-refractivity contribution in [3.8, 4) is 11.5 Å². The topological polar surface area (TPSA) is 38.9 Å². The first-order valence-electron chi connectivity index (χ1n) is 5.85. The minimum absolute atomic E-state index is 0.612. The quantitative estimate of drug-likeness (QED) is 0.734. The molecular formula is C13H16N2OS. The number of aryl methyl sites for hydroxylation is 1. The number of nitrogens with zero attached hydrogens (tertiary/aromatic N) is 2. The van der Waals surface area contributed by atoms with Crippen LogP contribution in [0.4, 0.5) is 0 Å². The summed E-state index contributed by atoms with van der Waals surface area (Å²) in [4.78, 5) is 0. The van der Waals surface area contributed by atoms with Crippen LogP contribution in [0.15, 0.2) is 34.7 Å². The minimum atomic E-state index is 0.612. The zero-order chi connectivity index (χ0) is 11.9. The van der Waals surface area contributed by atoms with Gasteiger partial charge in [0, 0.05) is 17.7 Å². The number of aromatic nitrogens is 2. The molecule has 0 spiro atoms. The molecule has 90 valence electrons. The normalized spacial score (nSPS) is 10.6. The van der Waals surface area contributed by atoms with Gasteiger partial charge in [-0.15, -0.1) is 10.2 Å². The molecule has 0 N–H and O–H groups in total. The third kappa shape index (κ3) is 3.60. The van der Waals surface area contributed by atoms with Gasteiger partial charge in [0.2, 0.25) is 11.8 Å². The molecule has 4 heteroatoms. The van der Waals surface area contributed by atoms with E-state index in [1.807, 2.05) is 42.1 Å². The summed E-state index contributed by atoms with van der Waals surface area (Å²) < 4.78 is 5.61. The van der Waals surface area contributed by atoms with Gasteiger partial charge in [0.1, 0.15) is 0 Å². The molecule has 0 bridgehead atoms. The third-order valence-corrected chi connectivity index (χ3v) is 3.49. The van der Waals surface area contributed by atoms with E-state index in [0.29, 0.717) is 5.89 Å². The molecule has 17 heavy (non-hydrogen) atoms. The highest BCUT2D eigenvalue weighted by Crippen LogP contribution is 2.17. The summed E-state index contributed by atoms with van der Waals surface area (Å²) in [5, 5.41) is 8.12. The first-order valence-corrected chi connectivity index (χ1v) is 7.01. The Labute approximate surface area is 106 Å². The smallest absolute Gasteiger partial charge is 0.247 e. The number of hydrogen-bond acceptors (Lipinski definition) is 4. The van der Waals surface area contributed by atoms with Crippen LogP contribution in [-0.2, 0) is 6.42 Å². The average molecular weight is 248 g/mol. The van der Waals surface area contributed by atoms with E-state index in [1.54, 1.807) is 0 Å². The molecule has 0 radical (unpaired) electrons. The van der Waals surface area contributed by atoms with Crippen molar-refractivity contribution < 1.29 is 4.42 Å². The highest BCUT2D eigenvalue weighted by molar-refractivity contribution is 7.99. The summed E-state index contributed by atoms with van der Waals surface area (Å²) in [6, 6.07) is 9.86. The van der Waals surface area contributed by atoms with Crippen LogP contribution in [0, 0.1) is 0 Å². The van der Waals surface area contributed by atoms with Crippen molar-refractivity contribution in [2.24, 2.45) is 0 Å². The van der Waals surface area contributed by atoms with Crippen LogP contribution in [0.2, 0.25) is 0 Å². The third-order valence-electron chi connectivity index (χ3n) is 2.30. The number of thioether (sulfide) groups is 1. The van der Waals surface area contributed by atoms with Crippen LogP contribution in [0.1, 0.15) is 19.2 Å². The van der Waals surface area contributed by atoms with Gasteiger partial charge in [-0.25, -0.2) is 0 Å². The highest BCUT2D eigenvalue weighted by atomic mass is 32.2. The number of hydrogen-bond donors (Lipinski definition) is 0. The molecule has 0 saturated heterocycles. The van der Waals surface area contributed by atoms with E-state index in [1.165, 1.54) is 12.2 Å². The van der Waals surface area contributed by atoms with Crippen LogP contribution in [0.25, 0.3) is 11.5 Å². The Morgan fingerprint density at radius 1 is 1.12 bits per heavy atom. The second kappa shape index (κ2) is 6.45. The molecule has 1 aromatic carbocycles. The van der Waals surface area contributed by atoms with Gasteiger partial charge in [-0.2, -0.15) is 11.8 Å². The first kappa shape index (κ1) is 12.2. The van der Waals surface area contributed by atoms with Crippen molar-refractivity contribution in [3.05, 3.63) is 36.2 Å². The number of rotatable bonds is 6. The lowest BCUT2D eigenvalue weighted by Crippen LogP contribution is -1.89. The first-order chi connectivity index (χ1) is 8.40. The predicted molar refractivity (Wildman–Crippen MR) is 71.1 cm³/mol. The largest absolute Gasteiger partial charge is 0.421 e. The lowest BCUT2D eigenvalue weighted by molar-refractivity contribution is 0.514. The average Bonchev–Trinajstić information content (AvgIpc) is 2.85. The fourth-order valence-electron chi connectivity index (χ4n) is 1.46. The van der Waals surface area contributed by atoms with Crippen LogP contribution >= 0.6 is 11.8 Å². The zero-order valence-corrected chi connectivity index (χ0v) is 10.7. The molecule has 0 aliphatic rings. The van der Waals surface area contributed by atoms with Gasteiger partial charge in [-0.1, -0.05) is 25.1 Å². The van der Waals surface area contributed by atoms with Crippen molar-refractivity contribution in [2.75, 3.05) is 11.5 Å². The summed E-state index contributed by atoms with van der Waals surface area (Å²) in [5.74, 6) is 3.58. The highest BCUT2D eigenvalue weighted by Gasteiger charge is 2.07. The molecule has 0 atom stereocenters. The van der Waals surface area contributed by atoms with E-state index in [2.05, 4.69) is 17.1 Å². The Morgan fingerprint density at radius 2 is 1.94 bits per heavy atom. The minimum Gasteiger partial charge on any atom is -0.421 e. The summed E-state index contributed by atoms with van der Waals surface area (Å²) in [7, 11) is 0. The van der Waals surface area contributed by atoms with Gasteiger partial charge in [0.05, 0.1) is 0 Å². The summed E-state index contributed by atoms with van der Waals surface area (Å²) in [5.41, 5.74) is 0.979. The summed E-state index contributed by atoms with van der Waals surface area (Å²) in [6.07, 6.45) is 2.06. The maximum Gasteiger partial charge on any atom is 0.247 e. The Hall–Kier alpha value is -1.29. The molecule has 0 amide bonds. The van der Waals surface area contributed by atoms with Crippen molar-refractivity contribution >= 4 is 11.8 Å². The van der Waals surface area contributed by atoms with Gasteiger partial charge >= 0.3 is 0 Å². The molecule has 0 aliphatic heterocycles. The molecule has 0 fully saturated rings. The van der Waals surface area contributed by atoms with Crippen LogP contribution in [0.3, 0.4) is 0 Å². The predicted octanol–water partition coefficient (Wildman–Crippen LogP) is 3.42. The van der Waals surface area contributed by atoms with Crippen molar-refractivity contribution in [3.63, 3.8) is 0 Å². The van der Waals surface area contributed by atoms with Gasteiger partial charge in [-0.05, 0) is 24.3 Å². The summed E-state index contributed by atoms with van der Waals surface area (Å²) in [6.45, 7) is 2.19. The molecule has 0 saturated carbocycles. The molecule has 0 aliphatic carbocycles. The molecule has 0 unspecified atom stereocenters. The van der Waals surface area contributed by atoms with Gasteiger partial charge in [0.15, 0.2) is 0 Å². The van der Waals surface area contributed by atoms with Crippen LogP contribution < -0.4 is 0 Å². The Kier molecular flexibility index (Phi) is 4.62. The van der Waals surface area contributed by atoms with E-state index < -0.39 is 0 Å². The molecule has 3 nitrogen and oxygen atoms in total. The Bertz CT molecular complexity index is 442. The van der Waals surface area contributed by atoms with Crippen molar-refractivity contribution in [1.29, 1.82) is 0 Å². The van der Waals surface area contributed by atoms with E-state index in [9.17, 15) is 0 Å². The second-order valence-corrected chi connectivity index (χ2v) is 4.95. The Morgan fingerprint density at radius 3 is 2.71 bits per heavy atom. The van der Waals surface area contributed by atoms with Gasteiger partial charge in [0.25, 0.3) is 0 Å². The summed E-state index contributed by atoms with van der Waals surface area (Å²) >= 11 is 1.93. The molecule has 2 aromatic rings. The van der Waals surface area contributed by atoms with Crippen molar-refractivity contribution in [2.45, 2.75) is 19.8 Å². The maximum absolute atomic E-state index is 5.61. The lowest BCUT2D eigenvalue weighted by Gasteiger charge is -1.95. The molecule has 2 rings (SSSR count). The van der Waals surface area contributed by atoms with Crippen LogP contribution in [0.5, 0.6) is 0 Å². The Balaban J connectivity index is 1.92.